The summed E-state index contributed by atoms with van der Waals surface area (Å²) in [4.78, 5) is 5.93. The number of nitrogens with zero attached hydrogens (tertiary/aromatic N) is 2. The van der Waals surface area contributed by atoms with Crippen LogP contribution in [-0.4, -0.2) is 61.2 Å². The van der Waals surface area contributed by atoms with Crippen LogP contribution in [0, 0.1) is 0 Å². The summed E-state index contributed by atoms with van der Waals surface area (Å²) in [5.74, 6) is 0.897. The Morgan fingerprint density at radius 3 is 2.65 bits per heavy atom. The maximum absolute atomic E-state index is 9.39. The topological polar surface area (TPSA) is 89.5 Å². The van der Waals surface area contributed by atoms with E-state index in [0.29, 0.717) is 11.7 Å². The van der Waals surface area contributed by atoms with Crippen molar-refractivity contribution < 1.29 is 19.3 Å². The molecule has 7 heteroatoms. The van der Waals surface area contributed by atoms with E-state index in [1.807, 2.05) is 13.1 Å². The first kappa shape index (κ1) is 15.0. The van der Waals surface area contributed by atoms with Crippen molar-refractivity contribution in [1.82, 2.24) is 4.90 Å². The molecular weight excluding hydrogens is 262 g/mol. The highest BCUT2D eigenvalue weighted by atomic mass is 16.6. The van der Waals surface area contributed by atoms with Crippen molar-refractivity contribution in [3.8, 4) is 0 Å². The van der Waals surface area contributed by atoms with Crippen molar-refractivity contribution in [3.05, 3.63) is 24.2 Å². The van der Waals surface area contributed by atoms with E-state index < -0.39 is 12.3 Å². The Hall–Kier alpha value is -1.41. The van der Waals surface area contributed by atoms with Crippen LogP contribution in [0.5, 0.6) is 0 Å². The molecule has 0 radical (unpaired) electrons. The molecule has 0 aromatic rings. The molecule has 0 aliphatic carbocycles. The molecule has 0 aromatic carbocycles. The monoisotopic (exact) mass is 283 g/mol. The molecule has 2 heterocycles. The van der Waals surface area contributed by atoms with Gasteiger partial charge in [0.25, 0.3) is 0 Å². The summed E-state index contributed by atoms with van der Waals surface area (Å²) < 4.78 is 16.7. The second kappa shape index (κ2) is 5.92. The SMILES string of the molecule is C=C1N=C(N)C(C)=CN1C1OC(CO)C(OC)C1OC. The molecule has 0 bridgehead atoms. The summed E-state index contributed by atoms with van der Waals surface area (Å²) in [5.41, 5.74) is 6.58. The predicted octanol–water partition coefficient (Wildman–Crippen LogP) is -0.219. The highest BCUT2D eigenvalue weighted by Crippen LogP contribution is 2.31. The first-order valence-corrected chi connectivity index (χ1v) is 6.35. The lowest BCUT2D eigenvalue weighted by molar-refractivity contribution is -0.0772. The van der Waals surface area contributed by atoms with Crippen LogP contribution in [-0.2, 0) is 14.2 Å². The van der Waals surface area contributed by atoms with E-state index in [-0.39, 0.29) is 18.8 Å². The van der Waals surface area contributed by atoms with E-state index in [1.54, 1.807) is 19.1 Å². The first-order chi connectivity index (χ1) is 9.53. The summed E-state index contributed by atoms with van der Waals surface area (Å²) in [5, 5.41) is 9.39. The molecule has 7 nitrogen and oxygen atoms in total. The molecular formula is C13H21N3O4. The number of hydrogen-bond donors (Lipinski definition) is 2. The van der Waals surface area contributed by atoms with Gasteiger partial charge in [0.05, 0.1) is 6.61 Å². The van der Waals surface area contributed by atoms with Crippen molar-refractivity contribution in [2.75, 3.05) is 20.8 Å². The van der Waals surface area contributed by atoms with Crippen LogP contribution >= 0.6 is 0 Å². The summed E-state index contributed by atoms with van der Waals surface area (Å²) >= 11 is 0. The third kappa shape index (κ3) is 2.45. The largest absolute Gasteiger partial charge is 0.394 e. The van der Waals surface area contributed by atoms with E-state index in [9.17, 15) is 5.11 Å². The lowest BCUT2D eigenvalue weighted by Crippen LogP contribution is -2.44. The van der Waals surface area contributed by atoms with Crippen LogP contribution in [0.1, 0.15) is 6.92 Å². The molecule has 1 saturated heterocycles. The van der Waals surface area contributed by atoms with E-state index in [2.05, 4.69) is 11.6 Å². The minimum atomic E-state index is -0.471. The van der Waals surface area contributed by atoms with Crippen molar-refractivity contribution in [3.63, 3.8) is 0 Å². The zero-order valence-corrected chi connectivity index (χ0v) is 11.9. The van der Waals surface area contributed by atoms with Crippen molar-refractivity contribution in [1.29, 1.82) is 0 Å². The van der Waals surface area contributed by atoms with Gasteiger partial charge in [0.2, 0.25) is 0 Å². The molecule has 0 spiro atoms. The van der Waals surface area contributed by atoms with Gasteiger partial charge in [0, 0.05) is 26.0 Å². The summed E-state index contributed by atoms with van der Waals surface area (Å²) in [6, 6.07) is 0. The Labute approximate surface area is 118 Å². The zero-order chi connectivity index (χ0) is 14.9. The average Bonchev–Trinajstić information content (AvgIpc) is 2.80. The van der Waals surface area contributed by atoms with Crippen LogP contribution < -0.4 is 5.73 Å². The third-order valence-corrected chi connectivity index (χ3v) is 3.57. The van der Waals surface area contributed by atoms with Crippen LogP contribution in [0.25, 0.3) is 0 Å². The maximum Gasteiger partial charge on any atom is 0.164 e. The van der Waals surface area contributed by atoms with Gasteiger partial charge >= 0.3 is 0 Å². The smallest absolute Gasteiger partial charge is 0.164 e. The number of aliphatic imine (C=N–C) groups is 1. The summed E-state index contributed by atoms with van der Waals surface area (Å²) in [6.07, 6.45) is 0.154. The van der Waals surface area contributed by atoms with E-state index in [0.717, 1.165) is 5.57 Å². The van der Waals surface area contributed by atoms with Crippen LogP contribution in [0.2, 0.25) is 0 Å². The zero-order valence-electron chi connectivity index (χ0n) is 11.9. The van der Waals surface area contributed by atoms with Gasteiger partial charge < -0.3 is 30.0 Å². The number of amidine groups is 1. The van der Waals surface area contributed by atoms with Gasteiger partial charge in [-0.05, 0) is 6.92 Å². The fourth-order valence-corrected chi connectivity index (χ4v) is 2.47. The van der Waals surface area contributed by atoms with Gasteiger partial charge in [-0.15, -0.1) is 0 Å². The fourth-order valence-electron chi connectivity index (χ4n) is 2.47. The highest BCUT2D eigenvalue weighted by molar-refractivity contribution is 5.97. The fraction of sp³-hybridized carbons (Fsp3) is 0.615. The quantitative estimate of drug-likeness (QED) is 0.741. The molecule has 4 atom stereocenters. The molecule has 0 saturated carbocycles. The first-order valence-electron chi connectivity index (χ1n) is 6.35. The molecule has 2 rings (SSSR count). The lowest BCUT2D eigenvalue weighted by Gasteiger charge is -2.33. The number of nitrogens with two attached hydrogens (primary N) is 1. The Morgan fingerprint density at radius 2 is 2.10 bits per heavy atom. The van der Waals surface area contributed by atoms with Crippen LogP contribution in [0.3, 0.4) is 0 Å². The van der Waals surface area contributed by atoms with E-state index in [4.69, 9.17) is 19.9 Å². The predicted molar refractivity (Wildman–Crippen MR) is 73.7 cm³/mol. The van der Waals surface area contributed by atoms with Crippen molar-refractivity contribution >= 4 is 5.84 Å². The number of ether oxygens (including phenoxy) is 3. The Bertz CT molecular complexity index is 449. The van der Waals surface area contributed by atoms with E-state index in [1.165, 1.54) is 0 Å². The second-order valence-electron chi connectivity index (χ2n) is 4.78. The number of rotatable bonds is 4. The average molecular weight is 283 g/mol. The van der Waals surface area contributed by atoms with Gasteiger partial charge in [0.1, 0.15) is 30.0 Å². The third-order valence-electron chi connectivity index (χ3n) is 3.57. The molecule has 2 aliphatic rings. The molecule has 3 N–H and O–H groups in total. The summed E-state index contributed by atoms with van der Waals surface area (Å²) in [6.45, 7) is 5.57. The molecule has 2 aliphatic heterocycles. The maximum atomic E-state index is 9.39. The standard InChI is InChI=1S/C13H21N3O4/c1-7-5-16(8(2)15-12(7)14)13-11(19-4)10(18-3)9(6-17)20-13/h5,9-11,13,17H,2,6H2,1,3-4H3,(H2,14,15). The molecule has 20 heavy (non-hydrogen) atoms. The Balaban J connectivity index is 2.26. The Kier molecular flexibility index (Phi) is 4.44. The summed E-state index contributed by atoms with van der Waals surface area (Å²) in [7, 11) is 3.14. The van der Waals surface area contributed by atoms with Crippen LogP contribution in [0.15, 0.2) is 29.2 Å². The number of methoxy groups -OCH3 is 2. The van der Waals surface area contributed by atoms with Gasteiger partial charge in [-0.1, -0.05) is 6.58 Å². The second-order valence-corrected chi connectivity index (χ2v) is 4.78. The van der Waals surface area contributed by atoms with Crippen molar-refractivity contribution in [2.24, 2.45) is 10.7 Å². The normalized spacial score (nSPS) is 34.2. The molecule has 1 fully saturated rings. The number of hydrogen-bond acceptors (Lipinski definition) is 7. The minimum Gasteiger partial charge on any atom is -0.394 e. The molecule has 0 amide bonds. The number of aliphatic hydroxyl groups excluding tert-OH is 1. The minimum absolute atomic E-state index is 0.150. The molecule has 0 aromatic heterocycles. The molecule has 4 unspecified atom stereocenters. The number of aliphatic hydroxyl groups is 1. The van der Waals surface area contributed by atoms with Crippen LogP contribution in [0.4, 0.5) is 0 Å². The van der Waals surface area contributed by atoms with Gasteiger partial charge in [-0.2, -0.15) is 0 Å². The highest BCUT2D eigenvalue weighted by Gasteiger charge is 2.48. The van der Waals surface area contributed by atoms with Crippen molar-refractivity contribution in [2.45, 2.75) is 31.5 Å². The Morgan fingerprint density at radius 1 is 1.45 bits per heavy atom. The van der Waals surface area contributed by atoms with Gasteiger partial charge in [0.15, 0.2) is 6.23 Å². The van der Waals surface area contributed by atoms with Gasteiger partial charge in [-0.3, -0.25) is 0 Å². The molecule has 112 valence electrons. The van der Waals surface area contributed by atoms with Gasteiger partial charge in [-0.25, -0.2) is 4.99 Å². The van der Waals surface area contributed by atoms with E-state index >= 15 is 0 Å². The lowest BCUT2D eigenvalue weighted by atomic mass is 10.1.